The third kappa shape index (κ3) is 21.5. The van der Waals surface area contributed by atoms with E-state index in [-0.39, 0.29) is 85.2 Å². The fourth-order valence-electron chi connectivity index (χ4n) is 19.0. The first-order valence-electron chi connectivity index (χ1n) is 41.6. The van der Waals surface area contributed by atoms with E-state index < -0.39 is 0 Å². The van der Waals surface area contributed by atoms with Crippen LogP contribution in [0.15, 0.2) is 180 Å². The molecule has 4 saturated carbocycles. The van der Waals surface area contributed by atoms with Gasteiger partial charge < -0.3 is 24.5 Å². The molecule has 112 heavy (non-hydrogen) atoms. The minimum Gasteiger partial charge on any atom is -0.662 e. The number of anilines is 1. The van der Waals surface area contributed by atoms with E-state index >= 15 is 0 Å². The van der Waals surface area contributed by atoms with Crippen molar-refractivity contribution < 1.29 is 81.8 Å². The van der Waals surface area contributed by atoms with Crippen LogP contribution in [0.4, 0.5) is 5.69 Å². The van der Waals surface area contributed by atoms with Gasteiger partial charge in [0.1, 0.15) is 29.0 Å². The number of fused-ring (bicyclic) bond motifs is 5. The fourth-order valence-corrected chi connectivity index (χ4v) is 19.0. The molecule has 2 N–H and O–H groups in total. The molecule has 0 spiro atoms. The Morgan fingerprint density at radius 1 is 0.554 bits per heavy atom. The van der Waals surface area contributed by atoms with Crippen molar-refractivity contribution in [1.82, 2.24) is 39.3 Å². The Hall–Kier alpha value is -7.00. The zero-order valence-corrected chi connectivity index (χ0v) is 73.7. The van der Waals surface area contributed by atoms with E-state index in [1.165, 1.54) is 176 Å². The average Bonchev–Trinajstić information content (AvgIpc) is 1.58. The molecule has 4 aliphatic carbocycles. The molecule has 5 aliphatic rings. The summed E-state index contributed by atoms with van der Waals surface area (Å²) >= 11 is 0. The van der Waals surface area contributed by atoms with E-state index in [0.29, 0.717) is 50.5 Å². The summed E-state index contributed by atoms with van der Waals surface area (Å²) in [6.07, 6.45) is 48.2. The normalized spacial score (nSPS) is 17.9. The molecule has 14 nitrogen and oxygen atoms in total. The molecule has 2 atom stereocenters. The first-order chi connectivity index (χ1) is 52.8. The van der Waals surface area contributed by atoms with Gasteiger partial charge in [-0.25, -0.2) is 19.5 Å². The van der Waals surface area contributed by atoms with Gasteiger partial charge in [0.25, 0.3) is 0 Å². The number of imidazole rings is 1. The fraction of sp³-hybridized carbons (Fsp3) is 0.495. The molecule has 11 aromatic rings. The number of aromatic hydroxyl groups is 2. The number of nitrogens with zero attached hydrogens (tertiary/aromatic N) is 10. The number of unbranched alkanes of at least 4 members (excludes halogenated alkanes) is 3. The van der Waals surface area contributed by atoms with Crippen molar-refractivity contribution in [3.8, 4) is 45.5 Å². The van der Waals surface area contributed by atoms with Gasteiger partial charge >= 0.3 is 11.4 Å². The van der Waals surface area contributed by atoms with Crippen LogP contribution in [-0.2, 0) is 88.9 Å². The number of hydrogen-bond acceptors (Lipinski definition) is 11. The van der Waals surface area contributed by atoms with Crippen molar-refractivity contribution in [2.45, 2.75) is 253 Å². The predicted molar refractivity (Wildman–Crippen MR) is 443 cm³/mol. The van der Waals surface area contributed by atoms with Crippen LogP contribution in [0.25, 0.3) is 61.7 Å². The van der Waals surface area contributed by atoms with E-state index in [1.807, 2.05) is 80.2 Å². The number of para-hydroxylation sites is 4. The summed E-state index contributed by atoms with van der Waals surface area (Å²) in [6.45, 7) is 19.3. The first kappa shape index (κ1) is 87.4. The van der Waals surface area contributed by atoms with Crippen molar-refractivity contribution in [2.75, 3.05) is 18.0 Å². The molecule has 5 aromatic carbocycles. The summed E-state index contributed by atoms with van der Waals surface area (Å²) in [5.74, 6) is 2.58. The second-order valence-electron chi connectivity index (χ2n) is 34.8. The van der Waals surface area contributed by atoms with E-state index in [9.17, 15) is 15.0 Å². The minimum atomic E-state index is -0.345. The van der Waals surface area contributed by atoms with Gasteiger partial charge in [-0.2, -0.15) is 11.0 Å². The molecule has 16 rings (SSSR count). The molecule has 0 bridgehead atoms. The Labute approximate surface area is 708 Å². The van der Waals surface area contributed by atoms with Crippen molar-refractivity contribution in [3.05, 3.63) is 209 Å². The Bertz CT molecular complexity index is 4830. The molecular weight excluding hydrogens is 1840 g/mol. The van der Waals surface area contributed by atoms with Crippen LogP contribution in [0.2, 0.25) is 0 Å². The second kappa shape index (κ2) is 40.0. The van der Waals surface area contributed by atoms with Crippen molar-refractivity contribution in [3.63, 3.8) is 0 Å². The number of pyridine rings is 1. The molecule has 0 radical (unpaired) electrons. The van der Waals surface area contributed by atoms with Crippen molar-refractivity contribution >= 4 is 33.3 Å². The van der Waals surface area contributed by atoms with Crippen molar-refractivity contribution in [2.24, 2.45) is 34.1 Å². The smallest absolute Gasteiger partial charge is 0.518 e. The number of piperidine rings is 1. The van der Waals surface area contributed by atoms with Crippen LogP contribution in [-0.4, -0.2) is 57.6 Å². The molecule has 2 unspecified atom stereocenters. The number of aromatic nitrogens is 9. The monoisotopic (exact) mass is 1960 g/mol. The Kier molecular flexibility index (Phi) is 31.2. The average molecular weight is 1960 g/mol. The SMILES string of the molecule is CC(c1ccnc(-c2[n-]ccc2C(C)C2(C)CCCCC2)c1)C1(C)CCCCC1.CC1(CCCCCCc2ncnc(-c3ccccc3O)n2)CCCC1.CC1(Cc2cnc(-c3ccccc3O)cn2)CCCCCC1.C[n+]1c2cc(CC3(C)CCN(c4ccccc4)CC3)ccc2n2c(=O)oc3ccccc3c21.[Pd].[Pt].[Pt]. The van der Waals surface area contributed by atoms with Gasteiger partial charge in [0, 0.05) is 111 Å². The maximum Gasteiger partial charge on any atom is 0.518 e. The second-order valence-corrected chi connectivity index (χ2v) is 34.8. The molecule has 1 saturated heterocycles. The van der Waals surface area contributed by atoms with Gasteiger partial charge in [-0.3, -0.25) is 15.0 Å². The summed E-state index contributed by atoms with van der Waals surface area (Å²) in [6, 6.07) is 46.2. The van der Waals surface area contributed by atoms with E-state index in [4.69, 9.17) is 14.4 Å². The first-order valence-corrected chi connectivity index (χ1v) is 41.6. The van der Waals surface area contributed by atoms with Crippen LogP contribution < -0.4 is 20.2 Å². The Morgan fingerprint density at radius 2 is 1.14 bits per heavy atom. The summed E-state index contributed by atoms with van der Waals surface area (Å²) in [5.41, 5.74) is 16.3. The van der Waals surface area contributed by atoms with Gasteiger partial charge in [0.05, 0.1) is 30.2 Å². The van der Waals surface area contributed by atoms with E-state index in [1.54, 1.807) is 35.1 Å². The summed E-state index contributed by atoms with van der Waals surface area (Å²) < 4.78 is 9.42. The summed E-state index contributed by atoms with van der Waals surface area (Å²) in [4.78, 5) is 47.0. The van der Waals surface area contributed by atoms with Gasteiger partial charge in [-0.15, -0.1) is 10.1 Å². The van der Waals surface area contributed by atoms with Gasteiger partial charge in [-0.1, -0.05) is 217 Å². The molecule has 1 aliphatic heterocycles. The largest absolute Gasteiger partial charge is 0.662 e. The number of hydrogen-bond donors (Lipinski definition) is 2. The van der Waals surface area contributed by atoms with Crippen molar-refractivity contribution in [1.29, 1.82) is 0 Å². The maximum absolute atomic E-state index is 12.8. The molecule has 0 amide bonds. The molecular formula is C95H120N10O4PdPt2. The molecule has 604 valence electrons. The molecule has 5 fully saturated rings. The quantitative estimate of drug-likeness (QED) is 0.0340. The van der Waals surface area contributed by atoms with Crippen LogP contribution in [0, 0.1) is 27.1 Å². The van der Waals surface area contributed by atoms with Gasteiger partial charge in [-0.05, 0) is 213 Å². The maximum atomic E-state index is 12.8. The van der Waals surface area contributed by atoms with Crippen LogP contribution >= 0.6 is 0 Å². The number of phenolic OH excluding ortho intramolecular Hbond substituents is 2. The predicted octanol–water partition coefficient (Wildman–Crippen LogP) is 22.8. The third-order valence-electron chi connectivity index (χ3n) is 26.5. The van der Waals surface area contributed by atoms with Crippen LogP contribution in [0.1, 0.15) is 262 Å². The Balaban J connectivity index is 0.000000159. The molecule has 7 heterocycles. The number of rotatable bonds is 19. The number of phenols is 2. The van der Waals surface area contributed by atoms with Crippen LogP contribution in [0.5, 0.6) is 11.5 Å². The summed E-state index contributed by atoms with van der Waals surface area (Å²) in [7, 11) is 2.04. The van der Waals surface area contributed by atoms with E-state index in [2.05, 4.69) is 150 Å². The molecule has 17 heteroatoms. The minimum absolute atomic E-state index is 0. The number of aryl methyl sites for hydroxylation is 2. The van der Waals surface area contributed by atoms with Gasteiger partial charge in [0.2, 0.25) is 0 Å². The number of benzene rings is 5. The zero-order chi connectivity index (χ0) is 76.0. The Morgan fingerprint density at radius 3 is 1.81 bits per heavy atom. The summed E-state index contributed by atoms with van der Waals surface area (Å²) in [5, 5.41) is 20.8. The van der Waals surface area contributed by atoms with Crippen LogP contribution in [0.3, 0.4) is 0 Å². The zero-order valence-electron chi connectivity index (χ0n) is 67.6. The van der Waals surface area contributed by atoms with Gasteiger partial charge in [0.15, 0.2) is 22.4 Å². The molecule has 6 aromatic heterocycles. The third-order valence-corrected chi connectivity index (χ3v) is 26.5. The standard InChI is InChI=1S/C28H28N3O2.C27H39N2.C21H29N3O.C19H24N2O.Pd.2Pt/c1-28(14-16-30(17-15-28)21-8-4-3-5-9-21)19-20-12-13-23-24(18-20)29(2)26-22-10-6-7-11-25(22)33-27(32)31(23)26;1-20(26(3)13-7-5-8-14-26)22-11-17-28-24(19-22)25-23(12-18-29-25)21(2)27(4)15-9-6-10-16-27;1-21(14-8-9-15-21)13-7-3-2-4-12-19-22-16-23-20(24-19)17-10-5-6-11-18(17)25;1-19(10-6-2-3-7-11-19)12-15-13-21-17(14-20-15)16-8-4-5-9-18(16)22;;;/h3-13,18H,14-17,19H2,1-2H3;11-12,17-21H,5-10,13-16H2,1-4H3;5-6,10-11,16,25H,2-4,7-9,12-15H2,1H3;4-5,8-9,13-14,22H,2-3,6-7,10-12H2,1H3;;;/q+1;-1;;;;;. The van der Waals surface area contributed by atoms with E-state index in [0.717, 1.165) is 108 Å². The topological polar surface area (TPSA) is 174 Å².